The summed E-state index contributed by atoms with van der Waals surface area (Å²) in [6, 6.07) is 27.6. The number of rotatable bonds is 2. The first-order chi connectivity index (χ1) is 11.3. The molecule has 0 unspecified atom stereocenters. The molecular formula is C22H17N. The van der Waals surface area contributed by atoms with Gasteiger partial charge in [-0.2, -0.15) is 0 Å². The maximum atomic E-state index is 4.56. The number of hydrogen-bond acceptors (Lipinski definition) is 1. The zero-order valence-corrected chi connectivity index (χ0v) is 13.0. The van der Waals surface area contributed by atoms with Gasteiger partial charge in [0.25, 0.3) is 0 Å². The number of pyridine rings is 1. The van der Waals surface area contributed by atoms with Crippen molar-refractivity contribution in [1.82, 2.24) is 4.98 Å². The quantitative estimate of drug-likeness (QED) is 0.450. The number of fused-ring (bicyclic) bond motifs is 1. The molecule has 23 heavy (non-hydrogen) atoms. The van der Waals surface area contributed by atoms with E-state index in [1.165, 1.54) is 33.0 Å². The Labute approximate surface area is 136 Å². The first-order valence-electron chi connectivity index (χ1n) is 7.83. The lowest BCUT2D eigenvalue weighted by Crippen LogP contribution is -1.91. The summed E-state index contributed by atoms with van der Waals surface area (Å²) in [5.41, 5.74) is 5.94. The van der Waals surface area contributed by atoms with Crippen LogP contribution in [0, 0.1) is 6.92 Å². The Balaban J connectivity index is 1.96. The Morgan fingerprint density at radius 3 is 2.35 bits per heavy atom. The molecule has 0 aliphatic heterocycles. The van der Waals surface area contributed by atoms with Gasteiger partial charge in [-0.25, -0.2) is 0 Å². The van der Waals surface area contributed by atoms with Crippen LogP contribution in [0.25, 0.3) is 33.2 Å². The van der Waals surface area contributed by atoms with Crippen molar-refractivity contribution in [2.24, 2.45) is 0 Å². The minimum atomic E-state index is 1.02. The molecule has 1 heteroatoms. The third-order valence-electron chi connectivity index (χ3n) is 4.25. The SMILES string of the molecule is Cc1cccc(-c2ccc3ccccc3c2)c1-c1ccccn1. The van der Waals surface area contributed by atoms with Gasteiger partial charge in [0.2, 0.25) is 0 Å². The molecule has 0 N–H and O–H groups in total. The standard InChI is InChI=1S/C22H17N/c1-16-7-6-10-20(22(16)21-11-4-5-14-23-21)19-13-12-17-8-2-3-9-18(17)15-19/h2-15H,1H3. The highest BCUT2D eigenvalue weighted by Gasteiger charge is 2.11. The van der Waals surface area contributed by atoms with E-state index in [-0.39, 0.29) is 0 Å². The van der Waals surface area contributed by atoms with E-state index in [1.807, 2.05) is 18.3 Å². The van der Waals surface area contributed by atoms with Crippen LogP contribution in [0.1, 0.15) is 5.56 Å². The van der Waals surface area contributed by atoms with Crippen LogP contribution >= 0.6 is 0 Å². The van der Waals surface area contributed by atoms with E-state index in [0.29, 0.717) is 0 Å². The predicted octanol–water partition coefficient (Wildman–Crippen LogP) is 5.88. The van der Waals surface area contributed by atoms with Crippen LogP contribution in [0.3, 0.4) is 0 Å². The molecule has 0 saturated carbocycles. The molecule has 110 valence electrons. The van der Waals surface area contributed by atoms with Gasteiger partial charge in [-0.15, -0.1) is 0 Å². The van der Waals surface area contributed by atoms with E-state index in [0.717, 1.165) is 5.69 Å². The summed E-state index contributed by atoms with van der Waals surface area (Å²) in [4.78, 5) is 4.56. The summed E-state index contributed by atoms with van der Waals surface area (Å²) in [5.74, 6) is 0. The van der Waals surface area contributed by atoms with E-state index in [2.05, 4.69) is 78.6 Å². The second-order valence-electron chi connectivity index (χ2n) is 5.77. The van der Waals surface area contributed by atoms with Crippen molar-refractivity contribution in [3.05, 3.63) is 90.6 Å². The zero-order chi connectivity index (χ0) is 15.6. The van der Waals surface area contributed by atoms with E-state index in [4.69, 9.17) is 0 Å². The van der Waals surface area contributed by atoms with Crippen molar-refractivity contribution < 1.29 is 0 Å². The average Bonchev–Trinajstić information content (AvgIpc) is 2.62. The Morgan fingerprint density at radius 2 is 1.52 bits per heavy atom. The Bertz CT molecular complexity index is 971. The molecule has 1 aromatic heterocycles. The van der Waals surface area contributed by atoms with Crippen LogP contribution in [0.2, 0.25) is 0 Å². The van der Waals surface area contributed by atoms with Gasteiger partial charge in [0.05, 0.1) is 5.69 Å². The van der Waals surface area contributed by atoms with Gasteiger partial charge < -0.3 is 0 Å². The minimum Gasteiger partial charge on any atom is -0.256 e. The first-order valence-corrected chi connectivity index (χ1v) is 7.83. The van der Waals surface area contributed by atoms with Crippen LogP contribution in [0.4, 0.5) is 0 Å². The maximum absolute atomic E-state index is 4.56. The van der Waals surface area contributed by atoms with Crippen molar-refractivity contribution in [1.29, 1.82) is 0 Å². The van der Waals surface area contributed by atoms with Gasteiger partial charge in [0, 0.05) is 11.8 Å². The fourth-order valence-corrected chi connectivity index (χ4v) is 3.12. The Morgan fingerprint density at radius 1 is 0.696 bits per heavy atom. The van der Waals surface area contributed by atoms with Gasteiger partial charge in [-0.05, 0) is 52.6 Å². The lowest BCUT2D eigenvalue weighted by Gasteiger charge is -2.13. The highest BCUT2D eigenvalue weighted by Crippen LogP contribution is 2.34. The first kappa shape index (κ1) is 13.7. The molecule has 4 rings (SSSR count). The molecule has 1 heterocycles. The molecule has 0 spiro atoms. The molecule has 0 saturated heterocycles. The summed E-state index contributed by atoms with van der Waals surface area (Å²) in [6.45, 7) is 2.15. The van der Waals surface area contributed by atoms with E-state index < -0.39 is 0 Å². The van der Waals surface area contributed by atoms with E-state index >= 15 is 0 Å². The van der Waals surface area contributed by atoms with Crippen molar-refractivity contribution in [2.45, 2.75) is 6.92 Å². The maximum Gasteiger partial charge on any atom is 0.0710 e. The van der Waals surface area contributed by atoms with Crippen molar-refractivity contribution >= 4 is 10.8 Å². The minimum absolute atomic E-state index is 1.02. The molecule has 0 amide bonds. The largest absolute Gasteiger partial charge is 0.256 e. The molecule has 0 atom stereocenters. The summed E-state index contributed by atoms with van der Waals surface area (Å²) in [6.07, 6.45) is 1.85. The zero-order valence-electron chi connectivity index (χ0n) is 13.0. The van der Waals surface area contributed by atoms with Gasteiger partial charge in [-0.3, -0.25) is 4.98 Å². The summed E-state index contributed by atoms with van der Waals surface area (Å²) in [7, 11) is 0. The van der Waals surface area contributed by atoms with Gasteiger partial charge in [0.15, 0.2) is 0 Å². The average molecular weight is 295 g/mol. The number of aromatic nitrogens is 1. The number of benzene rings is 3. The summed E-state index contributed by atoms with van der Waals surface area (Å²) < 4.78 is 0. The number of nitrogens with zero attached hydrogens (tertiary/aromatic N) is 1. The number of aryl methyl sites for hydroxylation is 1. The lowest BCUT2D eigenvalue weighted by molar-refractivity contribution is 1.31. The molecule has 0 bridgehead atoms. The predicted molar refractivity (Wildman–Crippen MR) is 97.4 cm³/mol. The third kappa shape index (κ3) is 2.51. The second kappa shape index (κ2) is 5.69. The van der Waals surface area contributed by atoms with Gasteiger partial charge in [-0.1, -0.05) is 60.7 Å². The smallest absolute Gasteiger partial charge is 0.0710 e. The lowest BCUT2D eigenvalue weighted by atomic mass is 9.92. The van der Waals surface area contributed by atoms with Gasteiger partial charge >= 0.3 is 0 Å². The third-order valence-corrected chi connectivity index (χ3v) is 4.25. The normalized spacial score (nSPS) is 10.8. The topological polar surface area (TPSA) is 12.9 Å². The van der Waals surface area contributed by atoms with Crippen LogP contribution in [-0.4, -0.2) is 4.98 Å². The van der Waals surface area contributed by atoms with E-state index in [1.54, 1.807) is 0 Å². The van der Waals surface area contributed by atoms with E-state index in [9.17, 15) is 0 Å². The van der Waals surface area contributed by atoms with Crippen LogP contribution in [-0.2, 0) is 0 Å². The molecule has 0 aliphatic rings. The molecule has 0 fully saturated rings. The Kier molecular flexibility index (Phi) is 3.39. The van der Waals surface area contributed by atoms with Crippen molar-refractivity contribution in [3.63, 3.8) is 0 Å². The van der Waals surface area contributed by atoms with Crippen molar-refractivity contribution in [3.8, 4) is 22.4 Å². The Hall–Kier alpha value is -2.93. The molecule has 0 aliphatic carbocycles. The monoisotopic (exact) mass is 295 g/mol. The van der Waals surface area contributed by atoms with Crippen LogP contribution in [0.15, 0.2) is 85.1 Å². The molecule has 0 radical (unpaired) electrons. The summed E-state index contributed by atoms with van der Waals surface area (Å²) in [5, 5.41) is 2.53. The number of hydrogen-bond donors (Lipinski definition) is 0. The highest BCUT2D eigenvalue weighted by atomic mass is 14.7. The van der Waals surface area contributed by atoms with Crippen LogP contribution < -0.4 is 0 Å². The highest BCUT2D eigenvalue weighted by molar-refractivity contribution is 5.91. The summed E-state index contributed by atoms with van der Waals surface area (Å²) >= 11 is 0. The van der Waals surface area contributed by atoms with Crippen molar-refractivity contribution in [2.75, 3.05) is 0 Å². The molecular weight excluding hydrogens is 278 g/mol. The molecule has 4 aromatic rings. The molecule has 3 aromatic carbocycles. The fourth-order valence-electron chi connectivity index (χ4n) is 3.12. The second-order valence-corrected chi connectivity index (χ2v) is 5.77. The fraction of sp³-hybridized carbons (Fsp3) is 0.0455. The van der Waals surface area contributed by atoms with Gasteiger partial charge in [0.1, 0.15) is 0 Å². The van der Waals surface area contributed by atoms with Crippen LogP contribution in [0.5, 0.6) is 0 Å². The molecule has 1 nitrogen and oxygen atoms in total.